The van der Waals surface area contributed by atoms with E-state index < -0.39 is 11.8 Å². The summed E-state index contributed by atoms with van der Waals surface area (Å²) in [6, 6.07) is 33.9. The van der Waals surface area contributed by atoms with Crippen molar-refractivity contribution in [2.75, 3.05) is 0 Å². The predicted octanol–water partition coefficient (Wildman–Crippen LogP) is 11.1. The average molecular weight is 767 g/mol. The van der Waals surface area contributed by atoms with Crippen LogP contribution in [0.15, 0.2) is 133 Å². The molecular weight excluding hydrogens is 743 g/mol. The summed E-state index contributed by atoms with van der Waals surface area (Å²) >= 11 is 2.94. The van der Waals surface area contributed by atoms with Gasteiger partial charge < -0.3 is 0 Å². The van der Waals surface area contributed by atoms with Crippen molar-refractivity contribution >= 4 is 66.5 Å². The topological polar surface area (TPSA) is 109 Å². The number of benzene rings is 4. The van der Waals surface area contributed by atoms with Crippen molar-refractivity contribution in [3.8, 4) is 44.4 Å². The number of hydrogen-bond acceptors (Lipinski definition) is 8. The molecule has 10 rings (SSSR count). The number of fused-ring (bicyclic) bond motifs is 6. The first-order valence-corrected chi connectivity index (χ1v) is 19.2. The van der Waals surface area contributed by atoms with Crippen LogP contribution in [0.2, 0.25) is 0 Å². The fourth-order valence-electron chi connectivity index (χ4n) is 7.43. The summed E-state index contributed by atoms with van der Waals surface area (Å²) < 4.78 is 34.1. The van der Waals surface area contributed by atoms with Gasteiger partial charge >= 0.3 is 0 Å². The average Bonchev–Trinajstić information content (AvgIpc) is 4.07. The molecule has 0 amide bonds. The zero-order valence-corrected chi connectivity index (χ0v) is 30.6. The second-order valence-electron chi connectivity index (χ2n) is 13.3. The molecule has 12 heteroatoms. The highest BCUT2D eigenvalue weighted by Gasteiger charge is 2.26. The molecule has 0 aliphatic carbocycles. The van der Waals surface area contributed by atoms with Crippen LogP contribution in [0.4, 0.5) is 8.78 Å². The third-order valence-corrected chi connectivity index (χ3v) is 12.0. The Bertz CT molecular complexity index is 2970. The van der Waals surface area contributed by atoms with Crippen molar-refractivity contribution in [1.82, 2.24) is 29.1 Å². The van der Waals surface area contributed by atoms with Gasteiger partial charge in [-0.3, -0.25) is 19.1 Å². The van der Waals surface area contributed by atoms with Crippen LogP contribution in [0.25, 0.3) is 76.1 Å². The van der Waals surface area contributed by atoms with Crippen molar-refractivity contribution in [2.45, 2.75) is 11.8 Å². The van der Waals surface area contributed by atoms with Crippen LogP contribution in [-0.4, -0.2) is 29.1 Å². The molecule has 6 aromatic heterocycles. The molecule has 0 saturated heterocycles. The Morgan fingerprint density at radius 3 is 1.34 bits per heavy atom. The van der Waals surface area contributed by atoms with Crippen molar-refractivity contribution in [3.05, 3.63) is 156 Å². The van der Waals surface area contributed by atoms with Gasteiger partial charge in [-0.1, -0.05) is 36.4 Å². The maximum atomic E-state index is 15.1. The largest absolute Gasteiger partial charge is 0.298 e. The quantitative estimate of drug-likeness (QED) is 0.160. The molecule has 0 saturated carbocycles. The summed E-state index contributed by atoms with van der Waals surface area (Å²) in [6.07, 6.45) is 6.69. The van der Waals surface area contributed by atoms with Gasteiger partial charge in [0.15, 0.2) is 0 Å². The molecule has 6 heterocycles. The highest BCUT2D eigenvalue weighted by atomic mass is 32.1. The summed E-state index contributed by atoms with van der Waals surface area (Å²) in [5, 5.41) is 26.2. The van der Waals surface area contributed by atoms with E-state index >= 15 is 8.78 Å². The van der Waals surface area contributed by atoms with Crippen molar-refractivity contribution < 1.29 is 8.78 Å². The first-order valence-electron chi connectivity index (χ1n) is 17.5. The minimum atomic E-state index is -0.754. The van der Waals surface area contributed by atoms with Crippen LogP contribution in [0.5, 0.6) is 0 Å². The number of pyridine rings is 2. The molecule has 0 aliphatic rings. The standard InChI is InChI=1S/C44H24F2N8S2/c45-35-17-37-31(15-29(35)41-3-1-13-55-41)43-39(21-49-37)51-23-53(43)27-9-5-25(6-10-27)33(19-47)34(20-48)26-7-11-28(12-8-26)54-24-52-40-22-50-38-18-36(46)30(16-32(38)44(40)54)42-4-2-14-56-42/h1-18,21-24,33-34H. The van der Waals surface area contributed by atoms with E-state index in [-0.39, 0.29) is 11.6 Å². The Hall–Kier alpha value is -7.12. The molecule has 2 unspecified atom stereocenters. The minimum Gasteiger partial charge on any atom is -0.298 e. The van der Waals surface area contributed by atoms with Crippen molar-refractivity contribution in [3.63, 3.8) is 0 Å². The Balaban J connectivity index is 0.971. The van der Waals surface area contributed by atoms with Gasteiger partial charge in [-0.25, -0.2) is 18.7 Å². The SMILES string of the molecule is N#CC(c1ccc(-n2cnc3cnc4cc(F)c(-c5cccs5)cc4c32)cc1)C(C#N)c1ccc(-n2cnc3cnc4cc(F)c(-c5cccs5)cc4c32)cc1. The zero-order chi connectivity index (χ0) is 37.9. The van der Waals surface area contributed by atoms with Crippen LogP contribution in [0.1, 0.15) is 23.0 Å². The lowest BCUT2D eigenvalue weighted by atomic mass is 9.83. The summed E-state index contributed by atoms with van der Waals surface area (Å²) in [7, 11) is 0. The van der Waals surface area contributed by atoms with Gasteiger partial charge in [-0.2, -0.15) is 10.5 Å². The third-order valence-electron chi connectivity index (χ3n) is 10.2. The van der Waals surface area contributed by atoms with Crippen LogP contribution >= 0.6 is 22.7 Å². The van der Waals surface area contributed by atoms with E-state index in [0.29, 0.717) is 44.3 Å². The molecule has 0 aliphatic heterocycles. The first-order chi connectivity index (χ1) is 27.5. The van der Waals surface area contributed by atoms with Gasteiger partial charge in [0.2, 0.25) is 0 Å². The lowest BCUT2D eigenvalue weighted by Crippen LogP contribution is -2.09. The number of nitrogens with zero attached hydrogens (tertiary/aromatic N) is 8. The normalized spacial score (nSPS) is 12.6. The Morgan fingerprint density at radius 2 is 0.964 bits per heavy atom. The van der Waals surface area contributed by atoms with Crippen molar-refractivity contribution in [2.24, 2.45) is 0 Å². The monoisotopic (exact) mass is 766 g/mol. The molecule has 4 aromatic carbocycles. The van der Waals surface area contributed by atoms with E-state index in [9.17, 15) is 10.5 Å². The molecule has 0 fully saturated rings. The maximum Gasteiger partial charge on any atom is 0.134 e. The van der Waals surface area contributed by atoms with E-state index in [0.717, 1.165) is 42.9 Å². The molecule has 56 heavy (non-hydrogen) atoms. The summed E-state index contributed by atoms with van der Waals surface area (Å²) in [6.45, 7) is 0. The number of nitriles is 2. The van der Waals surface area contributed by atoms with Gasteiger partial charge in [-0.05, 0) is 70.4 Å². The molecule has 0 radical (unpaired) electrons. The lowest BCUT2D eigenvalue weighted by Gasteiger charge is -2.18. The molecule has 266 valence electrons. The number of aromatic nitrogens is 6. The number of imidazole rings is 2. The van der Waals surface area contributed by atoms with Crippen LogP contribution < -0.4 is 0 Å². The van der Waals surface area contributed by atoms with Crippen LogP contribution in [0, 0.1) is 34.3 Å². The molecule has 0 bridgehead atoms. The Kier molecular flexibility index (Phi) is 7.96. The first kappa shape index (κ1) is 33.4. The zero-order valence-electron chi connectivity index (χ0n) is 29.0. The van der Waals surface area contributed by atoms with Crippen molar-refractivity contribution in [1.29, 1.82) is 10.5 Å². The van der Waals surface area contributed by atoms with E-state index in [4.69, 9.17) is 0 Å². The lowest BCUT2D eigenvalue weighted by molar-refractivity contribution is 0.633. The van der Waals surface area contributed by atoms with Crippen LogP contribution in [0.3, 0.4) is 0 Å². The summed E-state index contributed by atoms with van der Waals surface area (Å²) in [5.74, 6) is -2.19. The fourth-order valence-corrected chi connectivity index (χ4v) is 8.92. The number of hydrogen-bond donors (Lipinski definition) is 0. The van der Waals surface area contributed by atoms with Crippen LogP contribution in [-0.2, 0) is 0 Å². The molecular formula is C44H24F2N8S2. The van der Waals surface area contributed by atoms with E-state index in [1.165, 1.54) is 34.8 Å². The van der Waals surface area contributed by atoms with Gasteiger partial charge in [0, 0.05) is 55.2 Å². The number of rotatable bonds is 7. The second kappa shape index (κ2) is 13.3. The molecule has 8 nitrogen and oxygen atoms in total. The number of thiophene rings is 2. The predicted molar refractivity (Wildman–Crippen MR) is 216 cm³/mol. The highest BCUT2D eigenvalue weighted by molar-refractivity contribution is 7.13. The number of halogens is 2. The molecule has 2 atom stereocenters. The Morgan fingerprint density at radius 1 is 0.536 bits per heavy atom. The van der Waals surface area contributed by atoms with E-state index in [2.05, 4.69) is 32.1 Å². The molecule has 10 aromatic rings. The second-order valence-corrected chi connectivity index (χ2v) is 15.2. The Labute approximate surface area is 325 Å². The van der Waals surface area contributed by atoms with Gasteiger partial charge in [0.25, 0.3) is 0 Å². The van der Waals surface area contributed by atoms with E-state index in [1.54, 1.807) is 25.0 Å². The smallest absolute Gasteiger partial charge is 0.134 e. The van der Waals surface area contributed by atoms with Gasteiger partial charge in [-0.15, -0.1) is 22.7 Å². The van der Waals surface area contributed by atoms with Gasteiger partial charge in [0.05, 0.1) is 58.4 Å². The summed E-state index contributed by atoms with van der Waals surface area (Å²) in [5.41, 5.74) is 7.92. The van der Waals surface area contributed by atoms with E-state index in [1.807, 2.05) is 105 Å². The molecule has 0 N–H and O–H groups in total. The summed E-state index contributed by atoms with van der Waals surface area (Å²) in [4.78, 5) is 19.7. The fraction of sp³-hybridized carbons (Fsp3) is 0.0455. The minimum absolute atomic E-state index is 0.339. The third kappa shape index (κ3) is 5.42. The van der Waals surface area contributed by atoms with Gasteiger partial charge in [0.1, 0.15) is 35.3 Å². The highest BCUT2D eigenvalue weighted by Crippen LogP contribution is 2.37. The molecule has 0 spiro atoms. The maximum absolute atomic E-state index is 15.1.